The Morgan fingerprint density at radius 1 is 1.17 bits per heavy atom. The van der Waals surface area contributed by atoms with E-state index < -0.39 is 30.4 Å². The van der Waals surface area contributed by atoms with Crippen LogP contribution in [0.25, 0.3) is 0 Å². The summed E-state index contributed by atoms with van der Waals surface area (Å²) < 4.78 is 15.3. The monoisotopic (exact) mass is 260 g/mol. The van der Waals surface area contributed by atoms with E-state index in [9.17, 15) is 14.7 Å². The lowest BCUT2D eigenvalue weighted by Crippen LogP contribution is -2.52. The Kier molecular flexibility index (Phi) is 5.10. The van der Waals surface area contributed by atoms with Crippen LogP contribution in [0.2, 0.25) is 0 Å². The van der Waals surface area contributed by atoms with Crippen molar-refractivity contribution in [3.05, 3.63) is 0 Å². The summed E-state index contributed by atoms with van der Waals surface area (Å²) in [5.41, 5.74) is 0. The first-order valence-electron chi connectivity index (χ1n) is 5.97. The molecule has 0 radical (unpaired) electrons. The van der Waals surface area contributed by atoms with Crippen LogP contribution in [0.3, 0.4) is 0 Å². The number of hydrogen-bond donors (Lipinski definition) is 1. The van der Waals surface area contributed by atoms with Gasteiger partial charge in [-0.2, -0.15) is 0 Å². The van der Waals surface area contributed by atoms with E-state index in [2.05, 4.69) is 0 Å². The van der Waals surface area contributed by atoms with Crippen LogP contribution in [-0.2, 0) is 23.8 Å². The summed E-state index contributed by atoms with van der Waals surface area (Å²) >= 11 is 0. The number of carbonyl (C=O) groups is 2. The third kappa shape index (κ3) is 3.68. The van der Waals surface area contributed by atoms with Crippen molar-refractivity contribution < 1.29 is 28.9 Å². The van der Waals surface area contributed by atoms with Gasteiger partial charge in [0.05, 0.1) is 6.10 Å². The maximum atomic E-state index is 10.9. The summed E-state index contributed by atoms with van der Waals surface area (Å²) in [4.78, 5) is 21.7. The molecule has 6 heteroatoms. The Labute approximate surface area is 106 Å². The van der Waals surface area contributed by atoms with Crippen molar-refractivity contribution in [1.29, 1.82) is 0 Å². The quantitative estimate of drug-likeness (QED) is 0.743. The topological polar surface area (TPSA) is 82.1 Å². The fourth-order valence-corrected chi connectivity index (χ4v) is 2.03. The van der Waals surface area contributed by atoms with Gasteiger partial charge in [0.2, 0.25) is 0 Å². The number of hydrogen-bond acceptors (Lipinski definition) is 6. The Balaban J connectivity index is 2.64. The summed E-state index contributed by atoms with van der Waals surface area (Å²) in [5.74, 6) is -0.939. The Morgan fingerprint density at radius 2 is 1.78 bits per heavy atom. The van der Waals surface area contributed by atoms with Gasteiger partial charge in [0.1, 0.15) is 6.61 Å². The molecular formula is C12H20O6. The summed E-state index contributed by atoms with van der Waals surface area (Å²) in [7, 11) is 0. The number of aliphatic hydroxyl groups excluding tert-OH is 1. The molecule has 0 aromatic heterocycles. The minimum Gasteiger partial charge on any atom is -0.463 e. The number of esters is 2. The molecule has 5 atom stereocenters. The highest BCUT2D eigenvalue weighted by molar-refractivity contribution is 5.66. The third-order valence-corrected chi connectivity index (χ3v) is 3.28. The van der Waals surface area contributed by atoms with Crippen LogP contribution in [0, 0.1) is 11.8 Å². The molecule has 0 amide bonds. The van der Waals surface area contributed by atoms with Crippen molar-refractivity contribution in [3.63, 3.8) is 0 Å². The average molecular weight is 260 g/mol. The highest BCUT2D eigenvalue weighted by Crippen LogP contribution is 2.32. The highest BCUT2D eigenvalue weighted by Gasteiger charge is 2.42. The molecule has 1 N–H and O–H groups in total. The molecule has 6 nitrogen and oxygen atoms in total. The zero-order valence-corrected chi connectivity index (χ0v) is 11.1. The van der Waals surface area contributed by atoms with Gasteiger partial charge in [0, 0.05) is 19.8 Å². The SMILES string of the molecule is CC(=O)OCC1OC(O)C(OC(C)=O)[C@@H](C)[C@H]1C. The predicted octanol–water partition coefficient (Wildman–Crippen LogP) is 0.471. The first-order valence-corrected chi connectivity index (χ1v) is 5.97. The van der Waals surface area contributed by atoms with Crippen molar-refractivity contribution in [3.8, 4) is 0 Å². The zero-order valence-electron chi connectivity index (χ0n) is 11.1. The second-order valence-corrected chi connectivity index (χ2v) is 4.66. The van der Waals surface area contributed by atoms with Gasteiger partial charge in [0.15, 0.2) is 12.4 Å². The maximum Gasteiger partial charge on any atom is 0.303 e. The first kappa shape index (κ1) is 14.9. The van der Waals surface area contributed by atoms with Crippen molar-refractivity contribution in [2.45, 2.75) is 46.2 Å². The number of rotatable bonds is 3. The highest BCUT2D eigenvalue weighted by atomic mass is 16.7. The molecule has 1 saturated heterocycles. The van der Waals surface area contributed by atoms with Crippen molar-refractivity contribution in [2.24, 2.45) is 11.8 Å². The molecule has 1 aliphatic heterocycles. The van der Waals surface area contributed by atoms with Gasteiger partial charge in [-0.25, -0.2) is 0 Å². The van der Waals surface area contributed by atoms with Crippen molar-refractivity contribution in [1.82, 2.24) is 0 Å². The van der Waals surface area contributed by atoms with Gasteiger partial charge in [0.25, 0.3) is 0 Å². The van der Waals surface area contributed by atoms with E-state index in [0.29, 0.717) is 0 Å². The van der Waals surface area contributed by atoms with E-state index in [0.717, 1.165) is 0 Å². The van der Waals surface area contributed by atoms with Crippen LogP contribution in [0.1, 0.15) is 27.7 Å². The largest absolute Gasteiger partial charge is 0.463 e. The molecule has 1 aliphatic rings. The van der Waals surface area contributed by atoms with E-state index in [4.69, 9.17) is 14.2 Å². The Morgan fingerprint density at radius 3 is 2.28 bits per heavy atom. The number of ether oxygens (including phenoxy) is 3. The summed E-state index contributed by atoms with van der Waals surface area (Å²) in [5, 5.41) is 9.80. The lowest BCUT2D eigenvalue weighted by atomic mass is 9.83. The molecule has 104 valence electrons. The van der Waals surface area contributed by atoms with Gasteiger partial charge in [-0.05, 0) is 5.92 Å². The van der Waals surface area contributed by atoms with Crippen molar-refractivity contribution >= 4 is 11.9 Å². The molecule has 1 fully saturated rings. The van der Waals surface area contributed by atoms with E-state index in [-0.39, 0.29) is 18.4 Å². The van der Waals surface area contributed by atoms with E-state index in [1.165, 1.54) is 13.8 Å². The molecule has 0 bridgehead atoms. The molecule has 1 heterocycles. The summed E-state index contributed by atoms with van der Waals surface area (Å²) in [6.45, 7) is 6.46. The van der Waals surface area contributed by atoms with Crippen LogP contribution in [0.5, 0.6) is 0 Å². The molecule has 1 rings (SSSR count). The predicted molar refractivity (Wildman–Crippen MR) is 61.4 cm³/mol. The van der Waals surface area contributed by atoms with E-state index >= 15 is 0 Å². The lowest BCUT2D eigenvalue weighted by Gasteiger charge is -2.41. The fraction of sp³-hybridized carbons (Fsp3) is 0.833. The minimum absolute atomic E-state index is 0.00269. The van der Waals surface area contributed by atoms with E-state index in [1.807, 2.05) is 13.8 Å². The molecule has 0 aromatic carbocycles. The van der Waals surface area contributed by atoms with Crippen LogP contribution in [0.4, 0.5) is 0 Å². The zero-order chi connectivity index (χ0) is 13.9. The van der Waals surface area contributed by atoms with Crippen LogP contribution in [-0.4, -0.2) is 42.1 Å². The summed E-state index contributed by atoms with van der Waals surface area (Å²) in [6.07, 6.45) is -2.28. The summed E-state index contributed by atoms with van der Waals surface area (Å²) in [6, 6.07) is 0. The standard InChI is InChI=1S/C12H20O6/c1-6-7(2)11(17-9(4)14)12(15)18-10(6)5-16-8(3)13/h6-7,10-12,15H,5H2,1-4H3/t6-,7+,10?,11?,12?/m1/s1. The fourth-order valence-electron chi connectivity index (χ4n) is 2.03. The first-order chi connectivity index (χ1) is 8.32. The van der Waals surface area contributed by atoms with Gasteiger partial charge in [-0.1, -0.05) is 13.8 Å². The molecular weight excluding hydrogens is 240 g/mol. The van der Waals surface area contributed by atoms with Crippen molar-refractivity contribution in [2.75, 3.05) is 6.61 Å². The molecule has 0 aromatic rings. The number of carbonyl (C=O) groups excluding carboxylic acids is 2. The minimum atomic E-state index is -1.19. The van der Waals surface area contributed by atoms with Gasteiger partial charge in [-0.15, -0.1) is 0 Å². The van der Waals surface area contributed by atoms with E-state index in [1.54, 1.807) is 0 Å². The smallest absolute Gasteiger partial charge is 0.303 e. The second-order valence-electron chi connectivity index (χ2n) is 4.66. The normalized spacial score (nSPS) is 35.9. The Hall–Kier alpha value is -1.14. The Bertz CT molecular complexity index is 314. The molecule has 0 saturated carbocycles. The van der Waals surface area contributed by atoms with Gasteiger partial charge < -0.3 is 19.3 Å². The maximum absolute atomic E-state index is 10.9. The average Bonchev–Trinajstić information content (AvgIpc) is 2.27. The molecule has 0 aliphatic carbocycles. The number of aliphatic hydroxyl groups is 1. The second kappa shape index (κ2) is 6.15. The van der Waals surface area contributed by atoms with Crippen LogP contribution >= 0.6 is 0 Å². The van der Waals surface area contributed by atoms with Gasteiger partial charge >= 0.3 is 11.9 Å². The van der Waals surface area contributed by atoms with Gasteiger partial charge in [-0.3, -0.25) is 9.59 Å². The van der Waals surface area contributed by atoms with Crippen LogP contribution < -0.4 is 0 Å². The lowest BCUT2D eigenvalue weighted by molar-refractivity contribution is -0.263. The molecule has 18 heavy (non-hydrogen) atoms. The molecule has 0 spiro atoms. The molecule has 3 unspecified atom stereocenters. The third-order valence-electron chi connectivity index (χ3n) is 3.28. The van der Waals surface area contributed by atoms with Crippen LogP contribution in [0.15, 0.2) is 0 Å².